The zero-order valence-corrected chi connectivity index (χ0v) is 13.6. The van der Waals surface area contributed by atoms with Crippen molar-refractivity contribution in [3.05, 3.63) is 0 Å². The first-order valence-electron chi connectivity index (χ1n) is 7.23. The van der Waals surface area contributed by atoms with E-state index in [-0.39, 0.29) is 35.8 Å². The molecule has 1 fully saturated rings. The van der Waals surface area contributed by atoms with Crippen molar-refractivity contribution in [3.63, 3.8) is 0 Å². The van der Waals surface area contributed by atoms with Gasteiger partial charge >= 0.3 is 5.97 Å². The lowest BCUT2D eigenvalue weighted by molar-refractivity contribution is -0.145. The third kappa shape index (κ3) is 4.47. The summed E-state index contributed by atoms with van der Waals surface area (Å²) in [5.74, 6) is -0.130. The fourth-order valence-corrected chi connectivity index (χ4v) is 3.10. The smallest absolute Gasteiger partial charge is 0.306 e. The Kier molecular flexibility index (Phi) is 5.57. The maximum Gasteiger partial charge on any atom is 0.306 e. The van der Waals surface area contributed by atoms with Gasteiger partial charge in [-0.1, -0.05) is 13.8 Å². The summed E-state index contributed by atoms with van der Waals surface area (Å²) in [7, 11) is 3.46. The quantitative estimate of drug-likeness (QED) is 0.734. The summed E-state index contributed by atoms with van der Waals surface area (Å²) in [6.07, 6.45) is 0.645. The molecule has 0 aliphatic carbocycles. The molecular weight excluding hydrogens is 256 g/mol. The van der Waals surface area contributed by atoms with E-state index in [9.17, 15) is 9.59 Å². The first-order chi connectivity index (χ1) is 9.16. The highest BCUT2D eigenvalue weighted by Gasteiger charge is 2.35. The zero-order valence-electron chi connectivity index (χ0n) is 13.6. The fourth-order valence-electron chi connectivity index (χ4n) is 3.10. The predicted octanol–water partition coefficient (Wildman–Crippen LogP) is 1.52. The molecule has 0 saturated carbocycles. The van der Waals surface area contributed by atoms with Crippen molar-refractivity contribution in [1.82, 2.24) is 9.80 Å². The molecule has 0 aromatic heterocycles. The van der Waals surface area contributed by atoms with E-state index in [2.05, 4.69) is 25.8 Å². The fraction of sp³-hybridized carbons (Fsp3) is 0.867. The van der Waals surface area contributed by atoms with Crippen LogP contribution in [0.5, 0.6) is 0 Å². The Balaban J connectivity index is 2.67. The minimum absolute atomic E-state index is 0.131. The Morgan fingerprint density at radius 1 is 1.15 bits per heavy atom. The number of nitrogens with zero attached hydrogens (tertiary/aromatic N) is 2. The molecule has 1 aliphatic heterocycles. The standard InChI is InChI=1S/C15H28N2O3/c1-11-9-16(5)10-12(2)17(11)13(18)7-15(3,4)8-14(19)20-6/h11-12H,7-10H2,1-6H3. The third-order valence-corrected chi connectivity index (χ3v) is 3.87. The van der Waals surface area contributed by atoms with Gasteiger partial charge in [0.1, 0.15) is 0 Å². The van der Waals surface area contributed by atoms with E-state index in [1.807, 2.05) is 18.7 Å². The maximum atomic E-state index is 12.6. The van der Waals surface area contributed by atoms with Crippen LogP contribution in [0.3, 0.4) is 0 Å². The number of methoxy groups -OCH3 is 1. The number of rotatable bonds is 4. The van der Waals surface area contributed by atoms with E-state index in [1.165, 1.54) is 7.11 Å². The molecule has 116 valence electrons. The minimum Gasteiger partial charge on any atom is -0.469 e. The second-order valence-electron chi connectivity index (χ2n) is 6.81. The number of esters is 1. The SMILES string of the molecule is COC(=O)CC(C)(C)CC(=O)N1C(C)CN(C)CC1C. The molecule has 1 heterocycles. The third-order valence-electron chi connectivity index (χ3n) is 3.87. The monoisotopic (exact) mass is 284 g/mol. The number of piperazine rings is 1. The molecule has 0 aromatic carbocycles. The predicted molar refractivity (Wildman–Crippen MR) is 78.3 cm³/mol. The molecule has 1 amide bonds. The average molecular weight is 284 g/mol. The first-order valence-corrected chi connectivity index (χ1v) is 7.23. The molecule has 2 atom stereocenters. The first kappa shape index (κ1) is 17.0. The van der Waals surface area contributed by atoms with Crippen molar-refractivity contribution in [2.75, 3.05) is 27.2 Å². The molecule has 5 nitrogen and oxygen atoms in total. The number of hydrogen-bond donors (Lipinski definition) is 0. The molecule has 1 aliphatic rings. The van der Waals surface area contributed by atoms with Crippen molar-refractivity contribution in [3.8, 4) is 0 Å². The lowest BCUT2D eigenvalue weighted by Crippen LogP contribution is -2.58. The lowest BCUT2D eigenvalue weighted by atomic mass is 9.84. The minimum atomic E-state index is -0.368. The number of hydrogen-bond acceptors (Lipinski definition) is 4. The Morgan fingerprint density at radius 3 is 2.10 bits per heavy atom. The van der Waals surface area contributed by atoms with E-state index < -0.39 is 0 Å². The van der Waals surface area contributed by atoms with Crippen molar-refractivity contribution in [1.29, 1.82) is 0 Å². The summed E-state index contributed by atoms with van der Waals surface area (Å²) in [6, 6.07) is 0.426. The number of likely N-dealkylation sites (N-methyl/N-ethyl adjacent to an activating group) is 1. The Labute approximate surface area is 122 Å². The van der Waals surface area contributed by atoms with Gasteiger partial charge in [-0.15, -0.1) is 0 Å². The highest BCUT2D eigenvalue weighted by Crippen LogP contribution is 2.28. The topological polar surface area (TPSA) is 49.9 Å². The molecule has 1 rings (SSSR count). The van der Waals surface area contributed by atoms with Crippen LogP contribution in [-0.2, 0) is 14.3 Å². The van der Waals surface area contributed by atoms with E-state index >= 15 is 0 Å². The number of amides is 1. The molecule has 0 bridgehead atoms. The van der Waals surface area contributed by atoms with E-state index in [1.54, 1.807) is 0 Å². The molecule has 5 heteroatoms. The molecule has 0 spiro atoms. The maximum absolute atomic E-state index is 12.6. The van der Waals surface area contributed by atoms with Crippen molar-refractivity contribution in [2.24, 2.45) is 5.41 Å². The Morgan fingerprint density at radius 2 is 1.65 bits per heavy atom. The summed E-state index contributed by atoms with van der Waals surface area (Å²) < 4.78 is 4.70. The van der Waals surface area contributed by atoms with Gasteiger partial charge in [-0.25, -0.2) is 0 Å². The number of carbonyl (C=O) groups excluding carboxylic acids is 2. The van der Waals surface area contributed by atoms with Gasteiger partial charge in [0.2, 0.25) is 5.91 Å². The van der Waals surface area contributed by atoms with Crippen LogP contribution < -0.4 is 0 Å². The summed E-state index contributed by atoms with van der Waals surface area (Å²) in [5, 5.41) is 0. The van der Waals surface area contributed by atoms with Crippen LogP contribution in [-0.4, -0.2) is 61.0 Å². The normalized spacial score (nSPS) is 24.6. The van der Waals surface area contributed by atoms with Crippen molar-refractivity contribution in [2.45, 2.75) is 52.6 Å². The zero-order chi connectivity index (χ0) is 15.5. The molecule has 0 radical (unpaired) electrons. The molecule has 20 heavy (non-hydrogen) atoms. The van der Waals surface area contributed by atoms with Gasteiger partial charge in [-0.05, 0) is 26.3 Å². The van der Waals surface area contributed by atoms with Crippen molar-refractivity contribution >= 4 is 11.9 Å². The van der Waals surface area contributed by atoms with Gasteiger partial charge in [-0.2, -0.15) is 0 Å². The van der Waals surface area contributed by atoms with Crippen LogP contribution in [0.4, 0.5) is 0 Å². The molecule has 0 N–H and O–H groups in total. The second kappa shape index (κ2) is 6.57. The summed E-state index contributed by atoms with van der Waals surface area (Å²) in [6.45, 7) is 9.83. The molecule has 1 saturated heterocycles. The van der Waals surface area contributed by atoms with Crippen molar-refractivity contribution < 1.29 is 14.3 Å². The highest BCUT2D eigenvalue weighted by molar-refractivity contribution is 5.79. The van der Waals surface area contributed by atoms with Gasteiger partial charge in [-0.3, -0.25) is 9.59 Å². The van der Waals surface area contributed by atoms with E-state index in [4.69, 9.17) is 4.74 Å². The van der Waals surface area contributed by atoms with Crippen LogP contribution in [0, 0.1) is 5.41 Å². The molecule has 0 aromatic rings. The van der Waals surface area contributed by atoms with Crippen LogP contribution in [0.25, 0.3) is 0 Å². The number of carbonyl (C=O) groups is 2. The Hall–Kier alpha value is -1.10. The summed E-state index contributed by atoms with van der Waals surface area (Å²) >= 11 is 0. The van der Waals surface area contributed by atoms with E-state index in [0.29, 0.717) is 6.42 Å². The van der Waals surface area contributed by atoms with Crippen LogP contribution in [0.15, 0.2) is 0 Å². The van der Waals surface area contributed by atoms with E-state index in [0.717, 1.165) is 13.1 Å². The van der Waals surface area contributed by atoms with Gasteiger partial charge in [0.25, 0.3) is 0 Å². The van der Waals surface area contributed by atoms with Crippen LogP contribution in [0.1, 0.15) is 40.5 Å². The van der Waals surface area contributed by atoms with Gasteiger partial charge < -0.3 is 14.5 Å². The van der Waals surface area contributed by atoms with Gasteiger partial charge in [0.15, 0.2) is 0 Å². The average Bonchev–Trinajstić information content (AvgIpc) is 2.25. The highest BCUT2D eigenvalue weighted by atomic mass is 16.5. The second-order valence-corrected chi connectivity index (χ2v) is 6.81. The van der Waals surface area contributed by atoms with Gasteiger partial charge in [0.05, 0.1) is 13.5 Å². The van der Waals surface area contributed by atoms with Crippen LogP contribution >= 0.6 is 0 Å². The Bertz CT molecular complexity index is 356. The number of ether oxygens (including phenoxy) is 1. The molecule has 2 unspecified atom stereocenters. The summed E-state index contributed by atoms with van der Waals surface area (Å²) in [5.41, 5.74) is -0.368. The largest absolute Gasteiger partial charge is 0.469 e. The summed E-state index contributed by atoms with van der Waals surface area (Å²) in [4.78, 5) is 28.2. The molecular formula is C15H28N2O3. The van der Waals surface area contributed by atoms with Crippen LogP contribution in [0.2, 0.25) is 0 Å². The van der Waals surface area contributed by atoms with Gasteiger partial charge in [0, 0.05) is 31.6 Å². The lowest BCUT2D eigenvalue weighted by Gasteiger charge is -2.44.